The van der Waals surface area contributed by atoms with E-state index in [-0.39, 0.29) is 6.61 Å². The minimum Gasteiger partial charge on any atom is -0.489 e. The third kappa shape index (κ3) is 5.48. The van der Waals surface area contributed by atoms with E-state index in [0.717, 1.165) is 16.3 Å². The molecule has 0 bridgehead atoms. The number of benzene rings is 4. The molecule has 0 heterocycles. The van der Waals surface area contributed by atoms with Crippen LogP contribution in [0.2, 0.25) is 0 Å². The van der Waals surface area contributed by atoms with E-state index >= 15 is 0 Å². The van der Waals surface area contributed by atoms with E-state index in [2.05, 4.69) is 5.32 Å². The Morgan fingerprint density at radius 2 is 1.45 bits per heavy atom. The number of nitrogens with one attached hydrogen (secondary N) is 1. The Balaban J connectivity index is 1.27. The molecule has 0 aliphatic heterocycles. The fraction of sp³-hybridized carbons (Fsp3) is 0.0769. The fourth-order valence-electron chi connectivity index (χ4n) is 3.11. The van der Waals surface area contributed by atoms with Gasteiger partial charge in [-0.25, -0.2) is 4.79 Å². The second-order valence-electron chi connectivity index (χ2n) is 6.98. The maximum Gasteiger partial charge on any atom is 0.338 e. The Labute approximate surface area is 180 Å². The standard InChI is InChI=1S/C26H21NO4/c28-25(27-23-13-10-20-8-4-5-9-22(20)16-23)18-31-26(29)21-11-14-24(15-12-21)30-17-19-6-2-1-3-7-19/h1-16H,17-18H2,(H,27,28). The Morgan fingerprint density at radius 1 is 0.742 bits per heavy atom. The van der Waals surface area contributed by atoms with Crippen molar-refractivity contribution in [2.45, 2.75) is 6.61 Å². The molecule has 154 valence electrons. The summed E-state index contributed by atoms with van der Waals surface area (Å²) < 4.78 is 10.8. The van der Waals surface area contributed by atoms with E-state index in [1.54, 1.807) is 24.3 Å². The van der Waals surface area contributed by atoms with Crippen LogP contribution in [0.25, 0.3) is 10.8 Å². The summed E-state index contributed by atoms with van der Waals surface area (Å²) in [5.41, 5.74) is 2.06. The van der Waals surface area contributed by atoms with Gasteiger partial charge in [0.2, 0.25) is 0 Å². The monoisotopic (exact) mass is 411 g/mol. The zero-order chi connectivity index (χ0) is 21.5. The first-order valence-corrected chi connectivity index (χ1v) is 9.90. The van der Waals surface area contributed by atoms with Crippen LogP contribution in [0.4, 0.5) is 5.69 Å². The number of carbonyl (C=O) groups is 2. The predicted molar refractivity (Wildman–Crippen MR) is 120 cm³/mol. The molecule has 4 aromatic carbocycles. The first kappa shape index (κ1) is 20.2. The lowest BCUT2D eigenvalue weighted by Gasteiger charge is -2.09. The van der Waals surface area contributed by atoms with Crippen molar-refractivity contribution in [3.8, 4) is 5.75 Å². The molecule has 4 aromatic rings. The molecule has 0 saturated carbocycles. The second-order valence-corrected chi connectivity index (χ2v) is 6.98. The van der Waals surface area contributed by atoms with Gasteiger partial charge in [-0.05, 0) is 52.7 Å². The molecule has 5 heteroatoms. The Bertz CT molecular complexity index is 1190. The van der Waals surface area contributed by atoms with Crippen molar-refractivity contribution in [1.82, 2.24) is 0 Å². The molecule has 0 aliphatic carbocycles. The van der Waals surface area contributed by atoms with Crippen LogP contribution in [0.1, 0.15) is 15.9 Å². The van der Waals surface area contributed by atoms with Gasteiger partial charge in [0, 0.05) is 5.69 Å². The molecule has 0 aromatic heterocycles. The highest BCUT2D eigenvalue weighted by atomic mass is 16.5. The van der Waals surface area contributed by atoms with Crippen LogP contribution in [0.5, 0.6) is 5.75 Å². The highest BCUT2D eigenvalue weighted by Gasteiger charge is 2.11. The number of ether oxygens (including phenoxy) is 2. The van der Waals surface area contributed by atoms with Crippen LogP contribution in [0.3, 0.4) is 0 Å². The van der Waals surface area contributed by atoms with Gasteiger partial charge in [0.25, 0.3) is 5.91 Å². The van der Waals surface area contributed by atoms with E-state index in [0.29, 0.717) is 23.6 Å². The van der Waals surface area contributed by atoms with Gasteiger partial charge >= 0.3 is 5.97 Å². The van der Waals surface area contributed by atoms with E-state index in [1.165, 1.54) is 0 Å². The smallest absolute Gasteiger partial charge is 0.338 e. The highest BCUT2D eigenvalue weighted by molar-refractivity contribution is 5.97. The first-order chi connectivity index (χ1) is 15.2. The molecule has 4 rings (SSSR count). The molecule has 0 aliphatic rings. The van der Waals surface area contributed by atoms with Gasteiger partial charge in [-0.15, -0.1) is 0 Å². The maximum absolute atomic E-state index is 12.2. The van der Waals surface area contributed by atoms with Crippen molar-refractivity contribution in [3.63, 3.8) is 0 Å². The summed E-state index contributed by atoms with van der Waals surface area (Å²) in [6, 6.07) is 29.9. The number of anilines is 1. The molecule has 0 spiro atoms. The number of rotatable bonds is 7. The van der Waals surface area contributed by atoms with Gasteiger partial charge in [0.1, 0.15) is 12.4 Å². The molecule has 1 amide bonds. The van der Waals surface area contributed by atoms with Crippen molar-refractivity contribution >= 4 is 28.3 Å². The predicted octanol–water partition coefficient (Wildman–Crippen LogP) is 5.21. The molecular weight excluding hydrogens is 390 g/mol. The Hall–Kier alpha value is -4.12. The summed E-state index contributed by atoms with van der Waals surface area (Å²) >= 11 is 0. The van der Waals surface area contributed by atoms with E-state index in [1.807, 2.05) is 72.8 Å². The summed E-state index contributed by atoms with van der Waals surface area (Å²) in [6.07, 6.45) is 0. The summed E-state index contributed by atoms with van der Waals surface area (Å²) in [4.78, 5) is 24.4. The van der Waals surface area contributed by atoms with Gasteiger partial charge in [-0.1, -0.05) is 60.7 Å². The fourth-order valence-corrected chi connectivity index (χ4v) is 3.11. The zero-order valence-electron chi connectivity index (χ0n) is 16.8. The lowest BCUT2D eigenvalue weighted by molar-refractivity contribution is -0.119. The molecule has 1 N–H and O–H groups in total. The van der Waals surface area contributed by atoms with Crippen molar-refractivity contribution in [3.05, 3.63) is 108 Å². The summed E-state index contributed by atoms with van der Waals surface area (Å²) in [7, 11) is 0. The summed E-state index contributed by atoms with van der Waals surface area (Å²) in [6.45, 7) is 0.0808. The number of fused-ring (bicyclic) bond motifs is 1. The average molecular weight is 411 g/mol. The minimum absolute atomic E-state index is 0.352. The number of hydrogen-bond donors (Lipinski definition) is 1. The van der Waals surface area contributed by atoms with Gasteiger partial charge < -0.3 is 14.8 Å². The molecule has 0 unspecified atom stereocenters. The molecule has 0 atom stereocenters. The van der Waals surface area contributed by atoms with Crippen LogP contribution < -0.4 is 10.1 Å². The van der Waals surface area contributed by atoms with Gasteiger partial charge in [-0.3, -0.25) is 4.79 Å². The molecule has 31 heavy (non-hydrogen) atoms. The largest absolute Gasteiger partial charge is 0.489 e. The SMILES string of the molecule is O=C(COC(=O)c1ccc(OCc2ccccc2)cc1)Nc1ccc2ccccc2c1. The van der Waals surface area contributed by atoms with Crippen molar-refractivity contribution in [2.75, 3.05) is 11.9 Å². The quantitative estimate of drug-likeness (QED) is 0.424. The van der Waals surface area contributed by atoms with Crippen LogP contribution in [0, 0.1) is 0 Å². The van der Waals surface area contributed by atoms with Crippen molar-refractivity contribution in [1.29, 1.82) is 0 Å². The number of amides is 1. The Kier molecular flexibility index (Phi) is 6.24. The van der Waals surface area contributed by atoms with E-state index in [4.69, 9.17) is 9.47 Å². The van der Waals surface area contributed by atoms with E-state index < -0.39 is 11.9 Å². The van der Waals surface area contributed by atoms with Crippen LogP contribution in [-0.2, 0) is 16.1 Å². The third-order valence-corrected chi connectivity index (χ3v) is 4.71. The average Bonchev–Trinajstić information content (AvgIpc) is 2.82. The van der Waals surface area contributed by atoms with Crippen LogP contribution >= 0.6 is 0 Å². The zero-order valence-corrected chi connectivity index (χ0v) is 16.8. The minimum atomic E-state index is -0.566. The number of hydrogen-bond acceptors (Lipinski definition) is 4. The highest BCUT2D eigenvalue weighted by Crippen LogP contribution is 2.19. The topological polar surface area (TPSA) is 64.6 Å². The molecule has 0 fully saturated rings. The molecule has 0 saturated heterocycles. The second kappa shape index (κ2) is 9.59. The summed E-state index contributed by atoms with van der Waals surface area (Å²) in [5, 5.41) is 4.85. The number of esters is 1. The third-order valence-electron chi connectivity index (χ3n) is 4.71. The first-order valence-electron chi connectivity index (χ1n) is 9.90. The maximum atomic E-state index is 12.2. The lowest BCUT2D eigenvalue weighted by Crippen LogP contribution is -2.20. The van der Waals surface area contributed by atoms with E-state index in [9.17, 15) is 9.59 Å². The number of carbonyl (C=O) groups excluding carboxylic acids is 2. The molecular formula is C26H21NO4. The van der Waals surface area contributed by atoms with Gasteiger partial charge in [-0.2, -0.15) is 0 Å². The summed E-state index contributed by atoms with van der Waals surface area (Å²) in [5.74, 6) is -0.316. The normalized spacial score (nSPS) is 10.5. The Morgan fingerprint density at radius 3 is 2.23 bits per heavy atom. The molecule has 5 nitrogen and oxygen atoms in total. The van der Waals surface area contributed by atoms with Crippen LogP contribution in [-0.4, -0.2) is 18.5 Å². The van der Waals surface area contributed by atoms with Crippen molar-refractivity contribution in [2.24, 2.45) is 0 Å². The molecule has 0 radical (unpaired) electrons. The van der Waals surface area contributed by atoms with Gasteiger partial charge in [0.05, 0.1) is 5.56 Å². The van der Waals surface area contributed by atoms with Crippen LogP contribution in [0.15, 0.2) is 97.1 Å². The van der Waals surface area contributed by atoms with Crippen molar-refractivity contribution < 1.29 is 19.1 Å². The lowest BCUT2D eigenvalue weighted by atomic mass is 10.1. The van der Waals surface area contributed by atoms with Gasteiger partial charge in [0.15, 0.2) is 6.61 Å².